The van der Waals surface area contributed by atoms with Gasteiger partial charge in [0.05, 0.1) is 13.2 Å². The maximum Gasteiger partial charge on any atom is 0.449 e. The maximum absolute atomic E-state index is 10.5. The number of rotatable bonds is 3. The van der Waals surface area contributed by atoms with Crippen molar-refractivity contribution in [3.63, 3.8) is 0 Å². The van der Waals surface area contributed by atoms with Gasteiger partial charge >= 0.3 is 11.9 Å². The van der Waals surface area contributed by atoms with Gasteiger partial charge in [0.15, 0.2) is 0 Å². The largest absolute Gasteiger partial charge is 0.457 e. The Morgan fingerprint density at radius 3 is 2.18 bits per heavy atom. The van der Waals surface area contributed by atoms with Gasteiger partial charge in [-0.1, -0.05) is 0 Å². The van der Waals surface area contributed by atoms with E-state index < -0.39 is 11.9 Å². The minimum atomic E-state index is -1.13. The quantitative estimate of drug-likeness (QED) is 0.254. The summed E-state index contributed by atoms with van der Waals surface area (Å²) < 4.78 is 4.31. The van der Waals surface area contributed by atoms with Gasteiger partial charge < -0.3 is 4.74 Å². The van der Waals surface area contributed by atoms with Crippen molar-refractivity contribution in [2.24, 2.45) is 0 Å². The van der Waals surface area contributed by atoms with Crippen LogP contribution in [0.3, 0.4) is 0 Å². The molecular weight excluding hydrogens is 152 g/mol. The van der Waals surface area contributed by atoms with E-state index in [4.69, 9.17) is 0 Å². The van der Waals surface area contributed by atoms with E-state index in [2.05, 4.69) is 14.5 Å². The Morgan fingerprint density at radius 2 is 1.73 bits per heavy atom. The number of esters is 1. The summed E-state index contributed by atoms with van der Waals surface area (Å²) in [6.45, 7) is 3.55. The molecule has 0 amide bonds. The Morgan fingerprint density at radius 1 is 1.09 bits per heavy atom. The molecule has 0 atom stereocenters. The van der Waals surface area contributed by atoms with E-state index in [1.807, 2.05) is 0 Å². The topological polar surface area (TPSA) is 61.8 Å². The van der Waals surface area contributed by atoms with Crippen molar-refractivity contribution in [2.75, 3.05) is 13.2 Å². The third kappa shape index (κ3) is 4.32. The standard InChI is InChI=1S/C6H10O5/c1-3-9-5(7)6(8)11-10-4-2/h3-4H2,1-2H3. The van der Waals surface area contributed by atoms with Crippen LogP contribution in [-0.4, -0.2) is 25.2 Å². The molecule has 0 N–H and O–H groups in total. The molecule has 0 aliphatic rings. The van der Waals surface area contributed by atoms with Crippen LogP contribution >= 0.6 is 0 Å². The van der Waals surface area contributed by atoms with Crippen LogP contribution in [0.4, 0.5) is 0 Å². The SMILES string of the molecule is CCOOC(=O)C(=O)OCC. The van der Waals surface area contributed by atoms with Crippen molar-refractivity contribution < 1.29 is 24.1 Å². The Balaban J connectivity index is 3.56. The molecule has 0 radical (unpaired) electrons. The highest BCUT2D eigenvalue weighted by Crippen LogP contribution is 1.85. The number of carbonyl (C=O) groups excluding carboxylic acids is 2. The van der Waals surface area contributed by atoms with Crippen LogP contribution in [-0.2, 0) is 24.1 Å². The highest BCUT2D eigenvalue weighted by molar-refractivity contribution is 6.29. The second kappa shape index (κ2) is 5.67. The van der Waals surface area contributed by atoms with E-state index in [-0.39, 0.29) is 13.2 Å². The van der Waals surface area contributed by atoms with Gasteiger partial charge in [0.1, 0.15) is 0 Å². The van der Waals surface area contributed by atoms with E-state index in [1.54, 1.807) is 13.8 Å². The summed E-state index contributed by atoms with van der Waals surface area (Å²) in [7, 11) is 0. The normalized spacial score (nSPS) is 8.91. The van der Waals surface area contributed by atoms with Crippen LogP contribution in [0, 0.1) is 0 Å². The fourth-order valence-corrected chi connectivity index (χ4v) is 0.336. The summed E-state index contributed by atoms with van der Waals surface area (Å²) in [4.78, 5) is 29.1. The van der Waals surface area contributed by atoms with Gasteiger partial charge in [0, 0.05) is 0 Å². The second-order valence-electron chi connectivity index (χ2n) is 1.50. The molecule has 0 saturated carbocycles. The predicted molar refractivity (Wildman–Crippen MR) is 34.4 cm³/mol. The lowest BCUT2D eigenvalue weighted by Gasteiger charge is -1.99. The molecule has 5 nitrogen and oxygen atoms in total. The number of hydrogen-bond acceptors (Lipinski definition) is 5. The van der Waals surface area contributed by atoms with Gasteiger partial charge in [0.25, 0.3) is 0 Å². The van der Waals surface area contributed by atoms with Crippen molar-refractivity contribution in [3.05, 3.63) is 0 Å². The Labute approximate surface area is 64.2 Å². The van der Waals surface area contributed by atoms with E-state index in [0.717, 1.165) is 0 Å². The fraction of sp³-hybridized carbons (Fsp3) is 0.667. The molecule has 0 rings (SSSR count). The summed E-state index contributed by atoms with van der Waals surface area (Å²) in [6.07, 6.45) is 0. The summed E-state index contributed by atoms with van der Waals surface area (Å²) in [5.41, 5.74) is 0. The zero-order valence-corrected chi connectivity index (χ0v) is 6.46. The molecule has 0 fully saturated rings. The zero-order valence-electron chi connectivity index (χ0n) is 6.46. The van der Waals surface area contributed by atoms with E-state index >= 15 is 0 Å². The third-order valence-corrected chi connectivity index (χ3v) is 0.695. The molecule has 5 heteroatoms. The van der Waals surface area contributed by atoms with E-state index in [9.17, 15) is 9.59 Å². The van der Waals surface area contributed by atoms with Gasteiger partial charge in [-0.15, -0.1) is 0 Å². The molecule has 0 heterocycles. The highest BCUT2D eigenvalue weighted by atomic mass is 17.2. The highest BCUT2D eigenvalue weighted by Gasteiger charge is 2.17. The lowest BCUT2D eigenvalue weighted by Crippen LogP contribution is -2.20. The van der Waals surface area contributed by atoms with Crippen molar-refractivity contribution >= 4 is 11.9 Å². The molecule has 11 heavy (non-hydrogen) atoms. The molecule has 0 aromatic rings. The predicted octanol–water partition coefficient (Wildman–Crippen LogP) is 0.0442. The zero-order chi connectivity index (χ0) is 8.69. The van der Waals surface area contributed by atoms with Crippen molar-refractivity contribution in [3.8, 4) is 0 Å². The van der Waals surface area contributed by atoms with Crippen LogP contribution in [0.1, 0.15) is 13.8 Å². The third-order valence-electron chi connectivity index (χ3n) is 0.695. The molecule has 0 spiro atoms. The molecule has 0 unspecified atom stereocenters. The smallest absolute Gasteiger partial charge is 0.449 e. The molecule has 64 valence electrons. The van der Waals surface area contributed by atoms with Crippen LogP contribution in [0.15, 0.2) is 0 Å². The Bertz CT molecular complexity index is 142. The molecular formula is C6H10O5. The Kier molecular flexibility index (Phi) is 5.10. The van der Waals surface area contributed by atoms with Crippen molar-refractivity contribution in [2.45, 2.75) is 13.8 Å². The summed E-state index contributed by atoms with van der Waals surface area (Å²) >= 11 is 0. The lowest BCUT2D eigenvalue weighted by atomic mass is 10.7. The molecule has 0 aliphatic heterocycles. The summed E-state index contributed by atoms with van der Waals surface area (Å²) in [6, 6.07) is 0. The Hall–Kier alpha value is -1.10. The first-order valence-electron chi connectivity index (χ1n) is 3.22. The summed E-state index contributed by atoms with van der Waals surface area (Å²) in [5, 5.41) is 0. The summed E-state index contributed by atoms with van der Waals surface area (Å²) in [5.74, 6) is -2.17. The average molecular weight is 162 g/mol. The average Bonchev–Trinajstić information content (AvgIpc) is 2.00. The minimum Gasteiger partial charge on any atom is -0.457 e. The second-order valence-corrected chi connectivity index (χ2v) is 1.50. The monoisotopic (exact) mass is 162 g/mol. The molecule has 0 saturated heterocycles. The fourth-order valence-electron chi connectivity index (χ4n) is 0.336. The van der Waals surface area contributed by atoms with Gasteiger partial charge in [-0.05, 0) is 13.8 Å². The molecule has 0 aliphatic carbocycles. The van der Waals surface area contributed by atoms with Crippen LogP contribution < -0.4 is 0 Å². The van der Waals surface area contributed by atoms with Gasteiger partial charge in [-0.25, -0.2) is 9.59 Å². The molecule has 0 aromatic carbocycles. The lowest BCUT2D eigenvalue weighted by molar-refractivity contribution is -0.269. The van der Waals surface area contributed by atoms with Crippen molar-refractivity contribution in [1.82, 2.24) is 0 Å². The molecule has 0 aromatic heterocycles. The van der Waals surface area contributed by atoms with Gasteiger partial charge in [0.2, 0.25) is 0 Å². The van der Waals surface area contributed by atoms with Gasteiger partial charge in [-0.3, -0.25) is 4.89 Å². The first-order chi connectivity index (χ1) is 5.22. The van der Waals surface area contributed by atoms with Crippen LogP contribution in [0.2, 0.25) is 0 Å². The maximum atomic E-state index is 10.5. The number of hydrogen-bond donors (Lipinski definition) is 0. The van der Waals surface area contributed by atoms with E-state index in [1.165, 1.54) is 0 Å². The van der Waals surface area contributed by atoms with Crippen LogP contribution in [0.5, 0.6) is 0 Å². The van der Waals surface area contributed by atoms with Crippen LogP contribution in [0.25, 0.3) is 0 Å². The first kappa shape index (κ1) is 9.90. The minimum absolute atomic E-state index is 0.139. The van der Waals surface area contributed by atoms with Gasteiger partial charge in [-0.2, -0.15) is 4.89 Å². The molecule has 0 bridgehead atoms. The number of carbonyl (C=O) groups is 2. The van der Waals surface area contributed by atoms with Crippen molar-refractivity contribution in [1.29, 1.82) is 0 Å². The van der Waals surface area contributed by atoms with E-state index in [0.29, 0.717) is 0 Å². The first-order valence-corrected chi connectivity index (χ1v) is 3.22. The number of ether oxygens (including phenoxy) is 1.